The normalized spacial score (nSPS) is 10.8. The molecule has 0 saturated heterocycles. The van der Waals surface area contributed by atoms with Gasteiger partial charge in [-0.15, -0.1) is 0 Å². The van der Waals surface area contributed by atoms with Gasteiger partial charge in [0.25, 0.3) is 11.8 Å². The molecule has 2 aromatic carbocycles. The van der Waals surface area contributed by atoms with Crippen molar-refractivity contribution in [3.05, 3.63) is 65.2 Å². The van der Waals surface area contributed by atoms with Gasteiger partial charge in [-0.2, -0.15) is 0 Å². The minimum Gasteiger partial charge on any atom is -0.494 e. The van der Waals surface area contributed by atoms with E-state index < -0.39 is 5.91 Å². The third-order valence-corrected chi connectivity index (χ3v) is 4.30. The molecule has 2 aromatic rings. The van der Waals surface area contributed by atoms with E-state index in [9.17, 15) is 9.59 Å². The maximum atomic E-state index is 12.3. The van der Waals surface area contributed by atoms with Crippen LogP contribution in [0.25, 0.3) is 0 Å². The summed E-state index contributed by atoms with van der Waals surface area (Å²) in [4.78, 5) is 24.6. The first kappa shape index (κ1) is 22.4. The van der Waals surface area contributed by atoms with Crippen molar-refractivity contribution in [1.82, 2.24) is 16.2 Å². The molecule has 0 spiro atoms. The SMILES string of the molecule is CCCOc1cccc(C(=O)NC(=S)NNC(=O)c2ccc(C(C)(C)C)cc2)c1. The van der Waals surface area contributed by atoms with Crippen LogP contribution in [0.3, 0.4) is 0 Å². The molecule has 0 heterocycles. The maximum Gasteiger partial charge on any atom is 0.269 e. The summed E-state index contributed by atoms with van der Waals surface area (Å²) in [5.41, 5.74) is 7.07. The molecule has 0 atom stereocenters. The van der Waals surface area contributed by atoms with Crippen molar-refractivity contribution >= 4 is 29.1 Å². The monoisotopic (exact) mass is 413 g/mol. The first-order valence-corrected chi connectivity index (χ1v) is 9.86. The lowest BCUT2D eigenvalue weighted by Gasteiger charge is -2.19. The summed E-state index contributed by atoms with van der Waals surface area (Å²) >= 11 is 5.08. The van der Waals surface area contributed by atoms with Crippen molar-refractivity contribution < 1.29 is 14.3 Å². The number of hydrogen-bond acceptors (Lipinski definition) is 4. The van der Waals surface area contributed by atoms with Crippen molar-refractivity contribution in [2.75, 3.05) is 6.61 Å². The van der Waals surface area contributed by atoms with E-state index in [-0.39, 0.29) is 16.4 Å². The number of nitrogens with one attached hydrogen (secondary N) is 3. The Morgan fingerprint density at radius 2 is 1.66 bits per heavy atom. The van der Waals surface area contributed by atoms with E-state index in [1.54, 1.807) is 36.4 Å². The van der Waals surface area contributed by atoms with Gasteiger partial charge in [0.05, 0.1) is 6.61 Å². The predicted octanol–water partition coefficient (Wildman–Crippen LogP) is 3.72. The smallest absolute Gasteiger partial charge is 0.269 e. The van der Waals surface area contributed by atoms with Crippen LogP contribution in [0.2, 0.25) is 0 Å². The highest BCUT2D eigenvalue weighted by Gasteiger charge is 2.15. The zero-order chi connectivity index (χ0) is 21.4. The third kappa shape index (κ3) is 6.87. The zero-order valence-electron chi connectivity index (χ0n) is 17.2. The predicted molar refractivity (Wildman–Crippen MR) is 118 cm³/mol. The molecule has 0 aromatic heterocycles. The summed E-state index contributed by atoms with van der Waals surface area (Å²) in [6, 6.07) is 14.2. The van der Waals surface area contributed by atoms with Gasteiger partial charge in [-0.25, -0.2) is 0 Å². The topological polar surface area (TPSA) is 79.5 Å². The van der Waals surface area contributed by atoms with Gasteiger partial charge in [-0.3, -0.25) is 25.8 Å². The van der Waals surface area contributed by atoms with Gasteiger partial charge < -0.3 is 4.74 Å². The molecule has 6 nitrogen and oxygen atoms in total. The van der Waals surface area contributed by atoms with E-state index in [1.807, 2.05) is 19.1 Å². The number of carbonyl (C=O) groups excluding carboxylic acids is 2. The molecule has 0 aliphatic carbocycles. The standard InChI is InChI=1S/C22H27N3O3S/c1-5-13-28-18-8-6-7-16(14-18)19(26)23-21(29)25-24-20(27)15-9-11-17(12-10-15)22(2,3)4/h6-12,14H,5,13H2,1-4H3,(H,24,27)(H2,23,25,26,29). The number of hydrogen-bond donors (Lipinski definition) is 3. The van der Waals surface area contributed by atoms with Crippen molar-refractivity contribution in [2.45, 2.75) is 39.5 Å². The van der Waals surface area contributed by atoms with Gasteiger partial charge in [0.1, 0.15) is 5.75 Å². The number of benzene rings is 2. The van der Waals surface area contributed by atoms with E-state index >= 15 is 0 Å². The first-order chi connectivity index (χ1) is 13.7. The highest BCUT2D eigenvalue weighted by atomic mass is 32.1. The molecule has 2 amide bonds. The second-order valence-corrected chi connectivity index (χ2v) is 7.97. The lowest BCUT2D eigenvalue weighted by atomic mass is 9.87. The minimum absolute atomic E-state index is 0.00505. The second kappa shape index (κ2) is 10.0. The van der Waals surface area contributed by atoms with Crippen molar-refractivity contribution in [1.29, 1.82) is 0 Å². The molecule has 7 heteroatoms. The number of amides is 2. The van der Waals surface area contributed by atoms with Gasteiger partial charge in [0.15, 0.2) is 5.11 Å². The summed E-state index contributed by atoms with van der Waals surface area (Å²) in [6.07, 6.45) is 0.878. The molecule has 2 rings (SSSR count). The molecule has 3 N–H and O–H groups in total. The number of thiocarbonyl (C=S) groups is 1. The van der Waals surface area contributed by atoms with E-state index in [2.05, 4.69) is 36.9 Å². The van der Waals surface area contributed by atoms with Gasteiger partial charge >= 0.3 is 0 Å². The van der Waals surface area contributed by atoms with Crippen LogP contribution in [0.5, 0.6) is 5.75 Å². The lowest BCUT2D eigenvalue weighted by Crippen LogP contribution is -2.48. The average molecular weight is 414 g/mol. The number of hydrazine groups is 1. The number of ether oxygens (including phenoxy) is 1. The Kier molecular flexibility index (Phi) is 7.73. The molecular weight excluding hydrogens is 386 g/mol. The highest BCUT2D eigenvalue weighted by molar-refractivity contribution is 7.80. The molecule has 0 saturated carbocycles. The van der Waals surface area contributed by atoms with E-state index in [4.69, 9.17) is 17.0 Å². The lowest BCUT2D eigenvalue weighted by molar-refractivity contribution is 0.0934. The Bertz CT molecular complexity index is 874. The van der Waals surface area contributed by atoms with E-state index in [1.165, 1.54) is 0 Å². The molecule has 0 aliphatic heterocycles. The fraction of sp³-hybridized carbons (Fsp3) is 0.318. The van der Waals surface area contributed by atoms with E-state index in [0.717, 1.165) is 12.0 Å². The number of carbonyl (C=O) groups is 2. The highest BCUT2D eigenvalue weighted by Crippen LogP contribution is 2.22. The molecular formula is C22H27N3O3S. The van der Waals surface area contributed by atoms with Crippen LogP contribution < -0.4 is 20.9 Å². The van der Waals surface area contributed by atoms with Gasteiger partial charge in [-0.05, 0) is 59.9 Å². The Morgan fingerprint density at radius 3 is 2.28 bits per heavy atom. The number of rotatable bonds is 5. The zero-order valence-corrected chi connectivity index (χ0v) is 18.0. The Morgan fingerprint density at radius 1 is 0.966 bits per heavy atom. The van der Waals surface area contributed by atoms with Crippen LogP contribution in [-0.4, -0.2) is 23.5 Å². The van der Waals surface area contributed by atoms with Crippen molar-refractivity contribution in [3.63, 3.8) is 0 Å². The Hall–Kier alpha value is -2.93. The molecule has 0 fully saturated rings. The molecule has 154 valence electrons. The Labute approximate surface area is 177 Å². The van der Waals surface area contributed by atoms with Crippen molar-refractivity contribution in [3.8, 4) is 5.75 Å². The third-order valence-electron chi connectivity index (χ3n) is 4.10. The summed E-state index contributed by atoms with van der Waals surface area (Å²) < 4.78 is 5.52. The van der Waals surface area contributed by atoms with Gasteiger partial charge in [-0.1, -0.05) is 45.9 Å². The second-order valence-electron chi connectivity index (χ2n) is 7.57. The summed E-state index contributed by atoms with van der Waals surface area (Å²) in [5.74, 6) is -0.129. The largest absolute Gasteiger partial charge is 0.494 e. The average Bonchev–Trinajstić information content (AvgIpc) is 2.70. The molecule has 0 aliphatic rings. The van der Waals surface area contributed by atoms with Crippen LogP contribution in [-0.2, 0) is 5.41 Å². The molecule has 29 heavy (non-hydrogen) atoms. The van der Waals surface area contributed by atoms with Crippen LogP contribution in [0, 0.1) is 0 Å². The molecule has 0 unspecified atom stereocenters. The fourth-order valence-corrected chi connectivity index (χ4v) is 2.60. The maximum absolute atomic E-state index is 12.3. The molecule has 0 radical (unpaired) electrons. The Balaban J connectivity index is 1.87. The summed E-state index contributed by atoms with van der Waals surface area (Å²) in [7, 11) is 0. The summed E-state index contributed by atoms with van der Waals surface area (Å²) in [5, 5.41) is 2.52. The van der Waals surface area contributed by atoms with Gasteiger partial charge in [0, 0.05) is 11.1 Å². The van der Waals surface area contributed by atoms with Crippen LogP contribution in [0.1, 0.15) is 60.4 Å². The van der Waals surface area contributed by atoms with Crippen LogP contribution >= 0.6 is 12.2 Å². The molecule has 0 bridgehead atoms. The summed E-state index contributed by atoms with van der Waals surface area (Å²) in [6.45, 7) is 8.91. The van der Waals surface area contributed by atoms with Crippen LogP contribution in [0.4, 0.5) is 0 Å². The quantitative estimate of drug-likeness (QED) is 0.514. The van der Waals surface area contributed by atoms with Crippen LogP contribution in [0.15, 0.2) is 48.5 Å². The van der Waals surface area contributed by atoms with Gasteiger partial charge in [0.2, 0.25) is 0 Å². The van der Waals surface area contributed by atoms with E-state index in [0.29, 0.717) is 23.5 Å². The fourth-order valence-electron chi connectivity index (χ4n) is 2.46. The van der Waals surface area contributed by atoms with Crippen molar-refractivity contribution in [2.24, 2.45) is 0 Å². The first-order valence-electron chi connectivity index (χ1n) is 9.46. The minimum atomic E-state index is -0.395.